The predicted octanol–water partition coefficient (Wildman–Crippen LogP) is 5.58. The van der Waals surface area contributed by atoms with Crippen molar-refractivity contribution in [3.63, 3.8) is 0 Å². The van der Waals surface area contributed by atoms with Gasteiger partial charge in [-0.1, -0.05) is 12.1 Å². The molecule has 4 atom stereocenters. The Morgan fingerprint density at radius 3 is 2.39 bits per heavy atom. The Hall–Kier alpha value is -3.76. The molecule has 5 rings (SSSR count). The van der Waals surface area contributed by atoms with Gasteiger partial charge in [0.2, 0.25) is 5.91 Å². The van der Waals surface area contributed by atoms with Crippen LogP contribution in [0.15, 0.2) is 36.4 Å². The average Bonchev–Trinajstić information content (AvgIpc) is 3.56. The molecule has 0 saturated heterocycles. The molecule has 0 aromatic heterocycles. The van der Waals surface area contributed by atoms with Crippen LogP contribution in [-0.2, 0) is 9.59 Å². The third-order valence-corrected chi connectivity index (χ3v) is 8.74. The molecule has 0 aliphatic heterocycles. The zero-order valence-corrected chi connectivity index (χ0v) is 22.6. The highest BCUT2D eigenvalue weighted by Crippen LogP contribution is 2.49. The molecule has 41 heavy (non-hydrogen) atoms. The molecule has 220 valence electrons. The number of aliphatic carboxylic acids is 1. The summed E-state index contributed by atoms with van der Waals surface area (Å²) in [4.78, 5) is 38.1. The lowest BCUT2D eigenvalue weighted by atomic mass is 9.83. The SMILES string of the molecule is COc1cc(F)c(OC2CCC(C(=O)O)CC2)cc1C(=O)N[C@@H]1[C@H]2CC[C@H](C2)[C@@H]1C(=O)Nc1cccc(C(F)F)c1. The summed E-state index contributed by atoms with van der Waals surface area (Å²) in [6, 6.07) is 7.39. The number of amides is 2. The van der Waals surface area contributed by atoms with Gasteiger partial charge in [-0.3, -0.25) is 14.4 Å². The summed E-state index contributed by atoms with van der Waals surface area (Å²) in [7, 11) is 1.32. The predicted molar refractivity (Wildman–Crippen MR) is 143 cm³/mol. The highest BCUT2D eigenvalue weighted by molar-refractivity contribution is 5.99. The van der Waals surface area contributed by atoms with E-state index in [1.807, 2.05) is 0 Å². The molecule has 11 heteroatoms. The number of benzene rings is 2. The lowest BCUT2D eigenvalue weighted by Gasteiger charge is -2.31. The molecular formula is C30H33F3N2O6. The molecule has 2 aromatic rings. The molecule has 3 fully saturated rings. The van der Waals surface area contributed by atoms with Crippen LogP contribution < -0.4 is 20.1 Å². The number of anilines is 1. The highest BCUT2D eigenvalue weighted by Gasteiger charge is 2.51. The molecule has 2 aromatic carbocycles. The summed E-state index contributed by atoms with van der Waals surface area (Å²) < 4.78 is 52.3. The van der Waals surface area contributed by atoms with E-state index in [9.17, 15) is 32.7 Å². The maximum Gasteiger partial charge on any atom is 0.306 e. The van der Waals surface area contributed by atoms with Gasteiger partial charge >= 0.3 is 5.97 Å². The molecule has 0 heterocycles. The largest absolute Gasteiger partial charge is 0.496 e. The number of hydrogen-bond donors (Lipinski definition) is 3. The van der Waals surface area contributed by atoms with Crippen LogP contribution in [0.25, 0.3) is 0 Å². The number of alkyl halides is 2. The summed E-state index contributed by atoms with van der Waals surface area (Å²) in [5.41, 5.74) is 0.117. The van der Waals surface area contributed by atoms with E-state index < -0.39 is 42.0 Å². The van der Waals surface area contributed by atoms with Crippen molar-refractivity contribution < 1.29 is 42.1 Å². The van der Waals surface area contributed by atoms with Crippen LogP contribution in [0.4, 0.5) is 18.9 Å². The number of methoxy groups -OCH3 is 1. The minimum Gasteiger partial charge on any atom is -0.496 e. The summed E-state index contributed by atoms with van der Waals surface area (Å²) in [5, 5.41) is 14.9. The van der Waals surface area contributed by atoms with E-state index in [1.54, 1.807) is 6.07 Å². The quantitative estimate of drug-likeness (QED) is 0.361. The van der Waals surface area contributed by atoms with Gasteiger partial charge in [0.05, 0.1) is 30.6 Å². The van der Waals surface area contributed by atoms with Gasteiger partial charge < -0.3 is 25.2 Å². The fraction of sp³-hybridized carbons (Fsp3) is 0.500. The number of carbonyl (C=O) groups is 3. The van der Waals surface area contributed by atoms with E-state index in [4.69, 9.17) is 9.47 Å². The van der Waals surface area contributed by atoms with Crippen molar-refractivity contribution >= 4 is 23.5 Å². The fourth-order valence-electron chi connectivity index (χ4n) is 6.66. The maximum atomic E-state index is 14.9. The fourth-order valence-corrected chi connectivity index (χ4v) is 6.66. The van der Waals surface area contributed by atoms with Crippen LogP contribution in [0.2, 0.25) is 0 Å². The molecule has 8 nitrogen and oxygen atoms in total. The third kappa shape index (κ3) is 6.13. The highest BCUT2D eigenvalue weighted by atomic mass is 19.3. The summed E-state index contributed by atoms with van der Waals surface area (Å²) in [6.07, 6.45) is 1.12. The first kappa shape index (κ1) is 28.8. The molecule has 2 bridgehead atoms. The summed E-state index contributed by atoms with van der Waals surface area (Å²) in [5.74, 6) is -3.47. The maximum absolute atomic E-state index is 14.9. The van der Waals surface area contributed by atoms with Crippen molar-refractivity contribution in [2.45, 2.75) is 63.5 Å². The van der Waals surface area contributed by atoms with Gasteiger partial charge in [-0.25, -0.2) is 13.2 Å². The number of carboxylic acid groups (broad SMARTS) is 1. The van der Waals surface area contributed by atoms with E-state index in [2.05, 4.69) is 10.6 Å². The van der Waals surface area contributed by atoms with Crippen molar-refractivity contribution in [1.29, 1.82) is 0 Å². The zero-order valence-electron chi connectivity index (χ0n) is 22.6. The van der Waals surface area contributed by atoms with Crippen molar-refractivity contribution in [2.24, 2.45) is 23.7 Å². The topological polar surface area (TPSA) is 114 Å². The van der Waals surface area contributed by atoms with E-state index >= 15 is 0 Å². The number of halogens is 3. The second-order valence-corrected chi connectivity index (χ2v) is 11.2. The first-order chi connectivity index (χ1) is 19.6. The van der Waals surface area contributed by atoms with E-state index in [-0.39, 0.29) is 52.2 Å². The molecule has 0 radical (unpaired) electrons. The smallest absolute Gasteiger partial charge is 0.306 e. The Bertz CT molecular complexity index is 1310. The zero-order chi connectivity index (χ0) is 29.3. The van der Waals surface area contributed by atoms with Crippen LogP contribution >= 0.6 is 0 Å². The minimum atomic E-state index is -2.67. The van der Waals surface area contributed by atoms with E-state index in [1.165, 1.54) is 31.4 Å². The Kier molecular flexibility index (Phi) is 8.42. The molecule has 0 unspecified atom stereocenters. The third-order valence-electron chi connectivity index (χ3n) is 8.74. The average molecular weight is 575 g/mol. The molecule has 0 spiro atoms. The second kappa shape index (κ2) is 12.0. The van der Waals surface area contributed by atoms with Gasteiger partial charge in [0.15, 0.2) is 11.6 Å². The molecular weight excluding hydrogens is 541 g/mol. The van der Waals surface area contributed by atoms with Gasteiger partial charge in [-0.15, -0.1) is 0 Å². The number of nitrogens with one attached hydrogen (secondary N) is 2. The van der Waals surface area contributed by atoms with Gasteiger partial charge in [0.25, 0.3) is 12.3 Å². The Morgan fingerprint density at radius 2 is 1.71 bits per heavy atom. The standard InChI is InChI=1S/C30H33F3N2O6/c1-40-23-14-22(31)24(41-20-9-7-15(8-10-20)30(38)39)13-21(23)28(36)35-26-17-6-5-16(11-17)25(26)29(37)34-19-4-2-3-18(12-19)27(32)33/h2-4,12-17,20,25-27H,5-11H2,1H3,(H,34,37)(H,35,36)(H,38,39)/t15?,16-,17+,20?,25+,26-/m1/s1. The van der Waals surface area contributed by atoms with Crippen LogP contribution in [0.1, 0.15) is 67.3 Å². The number of rotatable bonds is 9. The van der Waals surface area contributed by atoms with Gasteiger partial charge in [0.1, 0.15) is 5.75 Å². The van der Waals surface area contributed by atoms with Crippen molar-refractivity contribution in [3.05, 3.63) is 53.3 Å². The van der Waals surface area contributed by atoms with Crippen LogP contribution in [0.5, 0.6) is 11.5 Å². The Balaban J connectivity index is 1.31. The van der Waals surface area contributed by atoms with Crippen molar-refractivity contribution in [2.75, 3.05) is 12.4 Å². The number of ether oxygens (including phenoxy) is 2. The molecule has 3 aliphatic carbocycles. The van der Waals surface area contributed by atoms with E-state index in [0.717, 1.165) is 25.3 Å². The lowest BCUT2D eigenvalue weighted by Crippen LogP contribution is -2.48. The minimum absolute atomic E-state index is 0.00917. The van der Waals surface area contributed by atoms with E-state index in [0.29, 0.717) is 25.7 Å². The number of carbonyl (C=O) groups excluding carboxylic acids is 2. The Labute approximate surface area is 235 Å². The first-order valence-electron chi connectivity index (χ1n) is 13.9. The van der Waals surface area contributed by atoms with Gasteiger partial charge in [-0.05, 0) is 75.0 Å². The summed E-state index contributed by atoms with van der Waals surface area (Å²) >= 11 is 0. The van der Waals surface area contributed by atoms with Crippen LogP contribution in [0, 0.1) is 29.5 Å². The molecule has 3 saturated carbocycles. The van der Waals surface area contributed by atoms with Gasteiger partial charge in [0, 0.05) is 23.4 Å². The first-order valence-corrected chi connectivity index (χ1v) is 13.9. The Morgan fingerprint density at radius 1 is 0.976 bits per heavy atom. The molecule has 2 amide bonds. The molecule has 3 N–H and O–H groups in total. The van der Waals surface area contributed by atoms with Crippen molar-refractivity contribution in [3.8, 4) is 11.5 Å². The number of carboxylic acids is 1. The monoisotopic (exact) mass is 574 g/mol. The normalized spacial score (nSPS) is 27.0. The van der Waals surface area contributed by atoms with Crippen molar-refractivity contribution in [1.82, 2.24) is 5.32 Å². The number of fused-ring (bicyclic) bond motifs is 2. The lowest BCUT2D eigenvalue weighted by molar-refractivity contribution is -0.143. The number of hydrogen-bond acceptors (Lipinski definition) is 5. The summed E-state index contributed by atoms with van der Waals surface area (Å²) in [6.45, 7) is 0. The van der Waals surface area contributed by atoms with Crippen LogP contribution in [0.3, 0.4) is 0 Å². The molecule has 3 aliphatic rings. The second-order valence-electron chi connectivity index (χ2n) is 11.2. The van der Waals surface area contributed by atoms with Gasteiger partial charge in [-0.2, -0.15) is 0 Å². The van der Waals surface area contributed by atoms with Crippen LogP contribution in [-0.4, -0.2) is 42.1 Å².